The van der Waals surface area contributed by atoms with Gasteiger partial charge >= 0.3 is 0 Å². The largest absolute Gasteiger partial charge is 0.256 e. The minimum Gasteiger partial charge on any atom is -0.256 e. The van der Waals surface area contributed by atoms with Gasteiger partial charge in [0, 0.05) is 12.0 Å². The zero-order valence-electron chi connectivity index (χ0n) is 13.1. The lowest BCUT2D eigenvalue weighted by Crippen LogP contribution is -2.25. The van der Waals surface area contributed by atoms with Crippen LogP contribution in [0.25, 0.3) is 0 Å². The number of amidine groups is 1. The Hall–Kier alpha value is -2.12. The van der Waals surface area contributed by atoms with Gasteiger partial charge in [0.05, 0.1) is 17.2 Å². The first-order valence-electron chi connectivity index (χ1n) is 7.36. The van der Waals surface area contributed by atoms with Gasteiger partial charge in [-0.25, -0.2) is 8.42 Å². The molecule has 0 unspecified atom stereocenters. The molecule has 1 heterocycles. The van der Waals surface area contributed by atoms with Gasteiger partial charge in [-0.15, -0.1) is 0 Å². The Kier molecular flexibility index (Phi) is 5.01. The highest BCUT2D eigenvalue weighted by Gasteiger charge is 2.14. The van der Waals surface area contributed by atoms with Gasteiger partial charge in [0.2, 0.25) is 0 Å². The van der Waals surface area contributed by atoms with Crippen LogP contribution in [0.15, 0.2) is 69.6 Å². The molecule has 7 heteroatoms. The van der Waals surface area contributed by atoms with Gasteiger partial charge in [-0.1, -0.05) is 54.2 Å². The number of sulfone groups is 1. The summed E-state index contributed by atoms with van der Waals surface area (Å²) in [4.78, 5) is 4.82. The van der Waals surface area contributed by atoms with Crippen LogP contribution < -0.4 is 5.43 Å². The topological polar surface area (TPSA) is 70.9 Å². The van der Waals surface area contributed by atoms with Crippen molar-refractivity contribution in [1.29, 1.82) is 0 Å². The average Bonchev–Trinajstić information content (AvgIpc) is 2.61. The second-order valence-corrected chi connectivity index (χ2v) is 8.34. The molecule has 1 aliphatic rings. The van der Waals surface area contributed by atoms with Crippen molar-refractivity contribution in [3.05, 3.63) is 65.7 Å². The van der Waals surface area contributed by atoms with Crippen molar-refractivity contribution < 1.29 is 8.42 Å². The minimum absolute atomic E-state index is 0.313. The monoisotopic (exact) mass is 359 g/mol. The molecule has 1 N–H and O–H groups in total. The summed E-state index contributed by atoms with van der Waals surface area (Å²) in [6, 6.07) is 16.8. The third-order valence-corrected chi connectivity index (χ3v) is 5.54. The number of hydrogen-bond acceptors (Lipinski definition) is 5. The smallest absolute Gasteiger partial charge is 0.177 e. The summed E-state index contributed by atoms with van der Waals surface area (Å²) in [5, 5.41) is 5.14. The van der Waals surface area contributed by atoms with Crippen LogP contribution in [0.3, 0.4) is 0 Å². The summed E-state index contributed by atoms with van der Waals surface area (Å²) in [5.74, 6) is 0.693. The Morgan fingerprint density at radius 2 is 1.83 bits per heavy atom. The second-order valence-electron chi connectivity index (χ2n) is 5.36. The summed E-state index contributed by atoms with van der Waals surface area (Å²) < 4.78 is 23.0. The number of hydrazone groups is 1. The molecule has 3 rings (SSSR count). The van der Waals surface area contributed by atoms with Gasteiger partial charge in [-0.2, -0.15) is 5.10 Å². The van der Waals surface area contributed by atoms with Crippen molar-refractivity contribution in [2.24, 2.45) is 10.1 Å². The zero-order chi connectivity index (χ0) is 17.0. The number of hydrogen-bond donors (Lipinski definition) is 1. The van der Waals surface area contributed by atoms with E-state index >= 15 is 0 Å². The van der Waals surface area contributed by atoms with Crippen LogP contribution in [0.2, 0.25) is 0 Å². The molecule has 0 amide bonds. The first-order chi connectivity index (χ1) is 11.5. The van der Waals surface area contributed by atoms with Crippen molar-refractivity contribution in [2.45, 2.75) is 11.4 Å². The summed E-state index contributed by atoms with van der Waals surface area (Å²) in [7, 11) is -3.17. The molecule has 24 heavy (non-hydrogen) atoms. The Balaban J connectivity index is 1.67. The van der Waals surface area contributed by atoms with Gasteiger partial charge in [0.1, 0.15) is 0 Å². The van der Waals surface area contributed by atoms with E-state index in [-0.39, 0.29) is 0 Å². The molecule has 0 spiro atoms. The average molecular weight is 359 g/mol. The maximum absolute atomic E-state index is 11.5. The fourth-order valence-electron chi connectivity index (χ4n) is 2.19. The molecule has 0 aromatic heterocycles. The lowest BCUT2D eigenvalue weighted by molar-refractivity contribution is 0.602. The number of nitrogens with zero attached hydrogens (tertiary/aromatic N) is 2. The van der Waals surface area contributed by atoms with Crippen LogP contribution in [-0.2, 0) is 16.4 Å². The predicted octanol–water partition coefficient (Wildman–Crippen LogP) is 2.69. The van der Waals surface area contributed by atoms with E-state index in [2.05, 4.69) is 15.5 Å². The number of aliphatic imine (C=N–C) groups is 1. The summed E-state index contributed by atoms with van der Waals surface area (Å²) in [5.41, 5.74) is 5.90. The molecular weight excluding hydrogens is 342 g/mol. The van der Waals surface area contributed by atoms with E-state index in [9.17, 15) is 8.42 Å². The molecule has 0 saturated carbocycles. The van der Waals surface area contributed by atoms with E-state index in [0.717, 1.165) is 22.0 Å². The van der Waals surface area contributed by atoms with Crippen LogP contribution in [0.1, 0.15) is 11.1 Å². The van der Waals surface area contributed by atoms with E-state index in [0.29, 0.717) is 17.2 Å². The van der Waals surface area contributed by atoms with Gasteiger partial charge < -0.3 is 0 Å². The second kappa shape index (κ2) is 7.19. The summed E-state index contributed by atoms with van der Waals surface area (Å²) >= 11 is 1.58. The van der Waals surface area contributed by atoms with Gasteiger partial charge in [-0.05, 0) is 23.3 Å². The van der Waals surface area contributed by atoms with Crippen molar-refractivity contribution >= 4 is 32.5 Å². The molecule has 0 fully saturated rings. The van der Waals surface area contributed by atoms with Crippen molar-refractivity contribution in [2.75, 3.05) is 12.0 Å². The molecule has 2 aromatic carbocycles. The Labute approximate surface area is 145 Å². The Bertz CT molecular complexity index is 874. The molecule has 5 nitrogen and oxygen atoms in total. The zero-order valence-corrected chi connectivity index (χ0v) is 14.8. The van der Waals surface area contributed by atoms with Crippen molar-refractivity contribution in [3.63, 3.8) is 0 Å². The quantitative estimate of drug-likeness (QED) is 0.911. The third kappa shape index (κ3) is 4.24. The molecule has 0 atom stereocenters. The van der Waals surface area contributed by atoms with Crippen molar-refractivity contribution in [3.8, 4) is 0 Å². The van der Waals surface area contributed by atoms with Crippen LogP contribution in [0.4, 0.5) is 0 Å². The van der Waals surface area contributed by atoms with E-state index in [1.165, 1.54) is 6.26 Å². The molecule has 0 radical (unpaired) electrons. The molecule has 2 aromatic rings. The number of benzene rings is 2. The fraction of sp³-hybridized carbons (Fsp3) is 0.176. The van der Waals surface area contributed by atoms with E-state index in [4.69, 9.17) is 0 Å². The van der Waals surface area contributed by atoms with Crippen LogP contribution in [0.5, 0.6) is 0 Å². The maximum atomic E-state index is 11.5. The fourth-order valence-corrected chi connectivity index (χ4v) is 3.59. The Morgan fingerprint density at radius 3 is 2.42 bits per heavy atom. The first-order valence-corrected chi connectivity index (χ1v) is 10.2. The number of nitrogens with one attached hydrogen (secondary N) is 1. The molecular formula is C17H17N3O2S2. The molecule has 0 bridgehead atoms. The number of rotatable bonds is 4. The number of thioether (sulfide) groups is 1. The van der Waals surface area contributed by atoms with Crippen LogP contribution in [0, 0.1) is 0 Å². The summed E-state index contributed by atoms with van der Waals surface area (Å²) in [6.07, 6.45) is 1.20. The van der Waals surface area contributed by atoms with Gasteiger partial charge in [0.25, 0.3) is 0 Å². The predicted molar refractivity (Wildman–Crippen MR) is 99.3 cm³/mol. The Morgan fingerprint density at radius 1 is 1.12 bits per heavy atom. The highest BCUT2D eigenvalue weighted by molar-refractivity contribution is 8.14. The van der Waals surface area contributed by atoms with Crippen LogP contribution in [-0.4, -0.2) is 31.3 Å². The lowest BCUT2D eigenvalue weighted by Gasteiger charge is -2.15. The molecule has 1 aliphatic heterocycles. The van der Waals surface area contributed by atoms with Gasteiger partial charge in [0.15, 0.2) is 15.0 Å². The highest BCUT2D eigenvalue weighted by Crippen LogP contribution is 2.16. The molecule has 0 saturated heterocycles. The van der Waals surface area contributed by atoms with E-state index < -0.39 is 9.84 Å². The van der Waals surface area contributed by atoms with E-state index in [1.807, 2.05) is 30.3 Å². The first kappa shape index (κ1) is 16.7. The third-order valence-electron chi connectivity index (χ3n) is 3.50. The maximum Gasteiger partial charge on any atom is 0.177 e. The van der Waals surface area contributed by atoms with Crippen LogP contribution >= 0.6 is 11.8 Å². The minimum atomic E-state index is -3.17. The summed E-state index contributed by atoms with van der Waals surface area (Å²) in [6.45, 7) is 0.615. The lowest BCUT2D eigenvalue weighted by atomic mass is 10.1. The highest BCUT2D eigenvalue weighted by atomic mass is 32.2. The standard InChI is InChI=1S/C17H17N3O2S2/c1-24(21,22)15-9-7-14(8-10-15)16-12-23-17(20-19-16)18-11-13-5-3-2-4-6-13/h2-10H,11-12H2,1H3,(H,18,20). The van der Waals surface area contributed by atoms with Gasteiger partial charge in [-0.3, -0.25) is 10.4 Å². The normalized spacial score (nSPS) is 16.5. The SMILES string of the molecule is CS(=O)(=O)c1ccc(C2=NNC(=NCc3ccccc3)SC2)cc1. The van der Waals surface area contributed by atoms with Crippen molar-refractivity contribution in [1.82, 2.24) is 5.43 Å². The van der Waals surface area contributed by atoms with E-state index in [1.54, 1.807) is 36.0 Å². The molecule has 124 valence electrons. The molecule has 0 aliphatic carbocycles.